The molecule has 0 amide bonds. The second-order valence-electron chi connectivity index (χ2n) is 5.08. The van der Waals surface area contributed by atoms with E-state index >= 15 is 0 Å². The Hall–Kier alpha value is -2.02. The Morgan fingerprint density at radius 2 is 2.30 bits per heavy atom. The van der Waals surface area contributed by atoms with E-state index in [4.69, 9.17) is 4.42 Å². The fourth-order valence-corrected chi connectivity index (χ4v) is 3.09. The van der Waals surface area contributed by atoms with E-state index < -0.39 is 0 Å². The molecule has 3 aromatic heterocycles. The molecular weight excluding hydrogens is 276 g/mol. The molecule has 0 N–H and O–H groups in total. The summed E-state index contributed by atoms with van der Waals surface area (Å²) in [5.41, 5.74) is 1.75. The molecule has 4 rings (SSSR count). The average Bonchev–Trinajstić information content (AvgIpc) is 3.08. The molecule has 0 unspecified atom stereocenters. The van der Waals surface area contributed by atoms with Crippen molar-refractivity contribution < 1.29 is 4.42 Å². The topological polar surface area (TPSA) is 73.8 Å². The van der Waals surface area contributed by atoms with E-state index in [1.54, 1.807) is 6.33 Å². The summed E-state index contributed by atoms with van der Waals surface area (Å²) in [6.45, 7) is 2.23. The predicted octanol–water partition coefficient (Wildman–Crippen LogP) is 2.08. The Bertz CT molecular complexity index is 844. The third kappa shape index (κ3) is 1.85. The summed E-state index contributed by atoms with van der Waals surface area (Å²) in [6.07, 6.45) is 3.78. The molecule has 3 heterocycles. The van der Waals surface area contributed by atoms with Gasteiger partial charge in [0.05, 0.1) is 11.8 Å². The molecule has 0 bridgehead atoms. The van der Waals surface area contributed by atoms with Crippen molar-refractivity contribution in [1.82, 2.24) is 19.7 Å². The van der Waals surface area contributed by atoms with Gasteiger partial charge < -0.3 is 4.42 Å². The van der Waals surface area contributed by atoms with Crippen LogP contribution >= 0.6 is 11.3 Å². The first-order valence-corrected chi connectivity index (χ1v) is 7.36. The summed E-state index contributed by atoms with van der Waals surface area (Å²) < 4.78 is 7.77. The summed E-state index contributed by atoms with van der Waals surface area (Å²) in [5.74, 6) is 1.58. The Kier molecular flexibility index (Phi) is 2.50. The van der Waals surface area contributed by atoms with Crippen LogP contribution in [0.2, 0.25) is 0 Å². The van der Waals surface area contributed by atoms with Crippen LogP contribution in [0.3, 0.4) is 0 Å². The van der Waals surface area contributed by atoms with E-state index in [-0.39, 0.29) is 12.1 Å². The second-order valence-corrected chi connectivity index (χ2v) is 5.96. The standard InChI is InChI=1S/C13H12N4O2S/c1-7-5-20-11-10(7)14-6-17(13(11)18)4-9-15-16-12(19-9)8-2-3-8/h5-6,8H,2-4H2,1H3. The van der Waals surface area contributed by atoms with Crippen LogP contribution in [-0.2, 0) is 6.54 Å². The first-order chi connectivity index (χ1) is 9.72. The van der Waals surface area contributed by atoms with Crippen molar-refractivity contribution >= 4 is 21.6 Å². The first kappa shape index (κ1) is 11.8. The highest BCUT2D eigenvalue weighted by atomic mass is 32.1. The molecule has 102 valence electrons. The minimum absolute atomic E-state index is 0.0562. The predicted molar refractivity (Wildman–Crippen MR) is 74.0 cm³/mol. The molecular formula is C13H12N4O2S. The largest absolute Gasteiger partial charge is 0.423 e. The van der Waals surface area contributed by atoms with Crippen LogP contribution in [0.25, 0.3) is 10.2 Å². The quantitative estimate of drug-likeness (QED) is 0.737. The van der Waals surface area contributed by atoms with E-state index in [1.165, 1.54) is 15.9 Å². The molecule has 0 spiro atoms. The molecule has 0 aliphatic heterocycles. The minimum Gasteiger partial charge on any atom is -0.423 e. The molecule has 1 saturated carbocycles. The lowest BCUT2D eigenvalue weighted by Gasteiger charge is -2.01. The summed E-state index contributed by atoms with van der Waals surface area (Å²) in [5, 5.41) is 9.96. The number of fused-ring (bicyclic) bond motifs is 1. The van der Waals surface area contributed by atoms with Gasteiger partial charge in [-0.1, -0.05) is 0 Å². The zero-order valence-electron chi connectivity index (χ0n) is 10.9. The number of hydrogen-bond acceptors (Lipinski definition) is 6. The lowest BCUT2D eigenvalue weighted by molar-refractivity contribution is 0.436. The molecule has 0 saturated heterocycles. The highest BCUT2D eigenvalue weighted by Crippen LogP contribution is 2.39. The number of rotatable bonds is 3. The van der Waals surface area contributed by atoms with E-state index in [0.717, 1.165) is 23.9 Å². The van der Waals surface area contributed by atoms with Crippen molar-refractivity contribution in [3.63, 3.8) is 0 Å². The lowest BCUT2D eigenvalue weighted by atomic mass is 10.3. The molecule has 1 aliphatic carbocycles. The molecule has 1 fully saturated rings. The van der Waals surface area contributed by atoms with Gasteiger partial charge in [-0.3, -0.25) is 9.36 Å². The van der Waals surface area contributed by atoms with E-state index in [9.17, 15) is 4.79 Å². The van der Waals surface area contributed by atoms with Gasteiger partial charge in [0.1, 0.15) is 11.2 Å². The Labute approximate surface area is 118 Å². The monoisotopic (exact) mass is 288 g/mol. The number of thiophene rings is 1. The maximum atomic E-state index is 12.3. The zero-order valence-corrected chi connectivity index (χ0v) is 11.7. The lowest BCUT2D eigenvalue weighted by Crippen LogP contribution is -2.20. The number of aryl methyl sites for hydroxylation is 1. The Morgan fingerprint density at radius 1 is 1.45 bits per heavy atom. The smallest absolute Gasteiger partial charge is 0.271 e. The fourth-order valence-electron chi connectivity index (χ4n) is 2.14. The van der Waals surface area contributed by atoms with Gasteiger partial charge in [-0.25, -0.2) is 4.98 Å². The van der Waals surface area contributed by atoms with Crippen LogP contribution in [0.5, 0.6) is 0 Å². The molecule has 0 aromatic carbocycles. The average molecular weight is 288 g/mol. The molecule has 7 heteroatoms. The third-order valence-corrected chi connectivity index (χ3v) is 4.51. The van der Waals surface area contributed by atoms with E-state index in [0.29, 0.717) is 22.4 Å². The van der Waals surface area contributed by atoms with Crippen LogP contribution in [-0.4, -0.2) is 19.7 Å². The number of hydrogen-bond donors (Lipinski definition) is 0. The van der Waals surface area contributed by atoms with Crippen LogP contribution in [0.1, 0.15) is 36.1 Å². The van der Waals surface area contributed by atoms with E-state index in [2.05, 4.69) is 15.2 Å². The Balaban J connectivity index is 1.70. The summed E-state index contributed by atoms with van der Waals surface area (Å²) >= 11 is 1.42. The fraction of sp³-hybridized carbons (Fsp3) is 0.385. The van der Waals surface area contributed by atoms with Crippen molar-refractivity contribution in [3.8, 4) is 0 Å². The van der Waals surface area contributed by atoms with Gasteiger partial charge in [-0.2, -0.15) is 0 Å². The maximum absolute atomic E-state index is 12.3. The van der Waals surface area contributed by atoms with Gasteiger partial charge >= 0.3 is 0 Å². The molecule has 0 radical (unpaired) electrons. The summed E-state index contributed by atoms with van der Waals surface area (Å²) in [6, 6.07) is 0. The molecule has 20 heavy (non-hydrogen) atoms. The van der Waals surface area contributed by atoms with Crippen LogP contribution in [0.15, 0.2) is 20.9 Å². The maximum Gasteiger partial charge on any atom is 0.271 e. The van der Waals surface area contributed by atoms with Crippen molar-refractivity contribution in [2.24, 2.45) is 0 Å². The van der Waals surface area contributed by atoms with Crippen molar-refractivity contribution in [2.75, 3.05) is 0 Å². The molecule has 1 aliphatic rings. The normalized spacial score (nSPS) is 15.1. The van der Waals surface area contributed by atoms with Crippen molar-refractivity contribution in [2.45, 2.75) is 32.2 Å². The zero-order chi connectivity index (χ0) is 13.7. The van der Waals surface area contributed by atoms with Crippen molar-refractivity contribution in [1.29, 1.82) is 0 Å². The first-order valence-electron chi connectivity index (χ1n) is 6.48. The van der Waals surface area contributed by atoms with Crippen molar-refractivity contribution in [3.05, 3.63) is 39.4 Å². The molecule has 3 aromatic rings. The van der Waals surface area contributed by atoms with Gasteiger partial charge in [-0.15, -0.1) is 21.5 Å². The Morgan fingerprint density at radius 3 is 3.10 bits per heavy atom. The molecule has 0 atom stereocenters. The van der Waals surface area contributed by atoms with Crippen LogP contribution < -0.4 is 5.56 Å². The van der Waals surface area contributed by atoms with Crippen LogP contribution in [0.4, 0.5) is 0 Å². The highest BCUT2D eigenvalue weighted by molar-refractivity contribution is 7.17. The molecule has 6 nitrogen and oxygen atoms in total. The third-order valence-electron chi connectivity index (χ3n) is 3.44. The van der Waals surface area contributed by atoms with Gasteiger partial charge in [0, 0.05) is 5.92 Å². The SMILES string of the molecule is Cc1csc2c(=O)n(Cc3nnc(C4CC4)o3)cnc12. The van der Waals surface area contributed by atoms with Gasteiger partial charge in [0.15, 0.2) is 0 Å². The highest BCUT2D eigenvalue weighted by Gasteiger charge is 2.29. The summed E-state index contributed by atoms with van der Waals surface area (Å²) in [7, 11) is 0. The minimum atomic E-state index is -0.0562. The van der Waals surface area contributed by atoms with Gasteiger partial charge in [0.2, 0.25) is 11.8 Å². The van der Waals surface area contributed by atoms with Gasteiger partial charge in [-0.05, 0) is 30.7 Å². The number of nitrogens with zero attached hydrogens (tertiary/aromatic N) is 4. The number of aromatic nitrogens is 4. The second kappa shape index (κ2) is 4.24. The summed E-state index contributed by atoms with van der Waals surface area (Å²) in [4.78, 5) is 16.7. The van der Waals surface area contributed by atoms with E-state index in [1.807, 2.05) is 12.3 Å². The van der Waals surface area contributed by atoms with Gasteiger partial charge in [0.25, 0.3) is 5.56 Å². The van der Waals surface area contributed by atoms with Crippen LogP contribution in [0, 0.1) is 6.92 Å².